The zero-order valence-electron chi connectivity index (χ0n) is 14.4. The Labute approximate surface area is 155 Å². The van der Waals surface area contributed by atoms with E-state index in [1.807, 2.05) is 4.90 Å². The fourth-order valence-electron chi connectivity index (χ4n) is 3.44. The van der Waals surface area contributed by atoms with Gasteiger partial charge in [-0.3, -0.25) is 9.50 Å². The summed E-state index contributed by atoms with van der Waals surface area (Å²) in [6, 6.07) is 2.43. The first-order valence-electron chi connectivity index (χ1n) is 8.58. The lowest BCUT2D eigenvalue weighted by atomic mass is 10.0. The van der Waals surface area contributed by atoms with E-state index >= 15 is 0 Å². The third kappa shape index (κ3) is 2.64. The highest BCUT2D eigenvalue weighted by atomic mass is 19.4. The molecule has 0 bridgehead atoms. The molecule has 12 heteroatoms. The van der Waals surface area contributed by atoms with Crippen molar-refractivity contribution in [2.75, 3.05) is 31.1 Å². The first kappa shape index (κ1) is 16.9. The van der Waals surface area contributed by atoms with E-state index in [9.17, 15) is 13.2 Å². The zero-order valence-corrected chi connectivity index (χ0v) is 14.4. The number of nitrogens with one attached hydrogen (secondary N) is 2. The highest BCUT2D eigenvalue weighted by Crippen LogP contribution is 2.38. The summed E-state index contributed by atoms with van der Waals surface area (Å²) >= 11 is 0. The van der Waals surface area contributed by atoms with E-state index in [2.05, 4.69) is 35.7 Å². The van der Waals surface area contributed by atoms with Gasteiger partial charge in [0.1, 0.15) is 12.7 Å². The summed E-state index contributed by atoms with van der Waals surface area (Å²) in [4.78, 5) is 10.6. The molecule has 0 spiro atoms. The van der Waals surface area contributed by atoms with Crippen molar-refractivity contribution in [2.24, 2.45) is 0 Å². The van der Waals surface area contributed by atoms with Gasteiger partial charge in [-0.2, -0.15) is 18.3 Å². The maximum atomic E-state index is 13.7. The number of fused-ring (bicyclic) bond motifs is 3. The molecule has 1 aliphatic rings. The van der Waals surface area contributed by atoms with Gasteiger partial charge in [0.2, 0.25) is 5.65 Å². The number of H-pyrrole nitrogens is 1. The molecular formula is C16H14F3N9. The lowest BCUT2D eigenvalue weighted by molar-refractivity contribution is -0.137. The molecular weight excluding hydrogens is 375 g/mol. The summed E-state index contributed by atoms with van der Waals surface area (Å²) in [5.41, 5.74) is 0.150. The molecule has 0 radical (unpaired) electrons. The Morgan fingerprint density at radius 3 is 2.64 bits per heavy atom. The minimum absolute atomic E-state index is 0.0311. The Morgan fingerprint density at radius 1 is 1.11 bits per heavy atom. The fraction of sp³-hybridized carbons (Fsp3) is 0.312. The van der Waals surface area contributed by atoms with E-state index in [-0.39, 0.29) is 16.9 Å². The Bertz CT molecular complexity index is 1140. The van der Waals surface area contributed by atoms with Gasteiger partial charge in [-0.25, -0.2) is 9.97 Å². The number of piperazine rings is 1. The van der Waals surface area contributed by atoms with Crippen LogP contribution in [-0.4, -0.2) is 60.9 Å². The Kier molecular flexibility index (Phi) is 3.69. The number of alkyl halides is 3. The average Bonchev–Trinajstić information content (AvgIpc) is 3.38. The lowest BCUT2D eigenvalue weighted by Crippen LogP contribution is -2.44. The van der Waals surface area contributed by atoms with Gasteiger partial charge < -0.3 is 10.2 Å². The molecule has 0 unspecified atom stereocenters. The molecule has 1 fully saturated rings. The molecule has 5 rings (SSSR count). The average molecular weight is 389 g/mol. The lowest BCUT2D eigenvalue weighted by Gasteiger charge is -2.28. The molecule has 28 heavy (non-hydrogen) atoms. The number of aromatic nitrogens is 7. The van der Waals surface area contributed by atoms with Crippen LogP contribution in [0, 0.1) is 0 Å². The number of rotatable bonds is 2. The predicted octanol–water partition coefficient (Wildman–Crippen LogP) is 1.49. The van der Waals surface area contributed by atoms with Crippen LogP contribution >= 0.6 is 0 Å². The summed E-state index contributed by atoms with van der Waals surface area (Å²) in [6.07, 6.45) is -2.00. The fourth-order valence-corrected chi connectivity index (χ4v) is 3.44. The van der Waals surface area contributed by atoms with E-state index in [4.69, 9.17) is 0 Å². The Hall–Kier alpha value is -3.28. The minimum atomic E-state index is -4.58. The zero-order chi connectivity index (χ0) is 19.3. The first-order chi connectivity index (χ1) is 13.5. The normalized spacial score (nSPS) is 15.6. The van der Waals surface area contributed by atoms with E-state index < -0.39 is 11.7 Å². The van der Waals surface area contributed by atoms with Crippen LogP contribution in [0.15, 0.2) is 24.8 Å². The van der Waals surface area contributed by atoms with Crippen molar-refractivity contribution >= 4 is 22.5 Å². The Morgan fingerprint density at radius 2 is 1.93 bits per heavy atom. The molecule has 4 aromatic rings. The summed E-state index contributed by atoms with van der Waals surface area (Å²) in [7, 11) is 0. The largest absolute Gasteiger partial charge is 0.417 e. The van der Waals surface area contributed by atoms with Crippen molar-refractivity contribution in [3.05, 3.63) is 30.4 Å². The van der Waals surface area contributed by atoms with Crippen molar-refractivity contribution in [1.82, 2.24) is 40.1 Å². The van der Waals surface area contributed by atoms with Crippen LogP contribution in [0.3, 0.4) is 0 Å². The van der Waals surface area contributed by atoms with Crippen LogP contribution in [0.4, 0.5) is 19.0 Å². The second-order valence-electron chi connectivity index (χ2n) is 6.42. The molecule has 0 amide bonds. The number of hydrogen-bond donors (Lipinski definition) is 2. The third-order valence-corrected chi connectivity index (χ3v) is 4.74. The maximum Gasteiger partial charge on any atom is 0.417 e. The van der Waals surface area contributed by atoms with Gasteiger partial charge >= 0.3 is 6.18 Å². The van der Waals surface area contributed by atoms with Crippen LogP contribution in [0.25, 0.3) is 28.1 Å². The number of hydrogen-bond acceptors (Lipinski definition) is 7. The summed E-state index contributed by atoms with van der Waals surface area (Å²) in [5.74, 6) is 0.623. The molecule has 0 saturated carbocycles. The summed E-state index contributed by atoms with van der Waals surface area (Å²) < 4.78 is 42.7. The molecule has 9 nitrogen and oxygen atoms in total. The number of aromatic amines is 1. The molecule has 0 atom stereocenters. The quantitative estimate of drug-likeness (QED) is 0.536. The van der Waals surface area contributed by atoms with Crippen molar-refractivity contribution in [2.45, 2.75) is 6.18 Å². The standard InChI is InChI=1S/C16H14F3N9/c17-16(18,19)10-6-12-11(5-9(10)13-21-7-22-25-13)24-14(15-26-23-8-28(12)15)27-3-1-20-2-4-27/h5-8,20H,1-4H2,(H,21,22,25). The first-order valence-corrected chi connectivity index (χ1v) is 8.58. The minimum Gasteiger partial charge on any atom is -0.351 e. The van der Waals surface area contributed by atoms with Crippen molar-refractivity contribution in [3.63, 3.8) is 0 Å². The van der Waals surface area contributed by atoms with Gasteiger partial charge in [0, 0.05) is 31.7 Å². The molecule has 1 aliphatic heterocycles. The number of nitrogens with zero attached hydrogens (tertiary/aromatic N) is 7. The molecule has 1 saturated heterocycles. The number of benzene rings is 1. The van der Waals surface area contributed by atoms with Crippen LogP contribution in [0.1, 0.15) is 5.56 Å². The smallest absolute Gasteiger partial charge is 0.351 e. The third-order valence-electron chi connectivity index (χ3n) is 4.74. The second-order valence-corrected chi connectivity index (χ2v) is 6.42. The molecule has 144 valence electrons. The summed E-state index contributed by atoms with van der Waals surface area (Å²) in [5, 5.41) is 17.4. The van der Waals surface area contributed by atoms with E-state index in [1.54, 1.807) is 4.40 Å². The van der Waals surface area contributed by atoms with Crippen LogP contribution in [-0.2, 0) is 6.18 Å². The number of halogens is 3. The van der Waals surface area contributed by atoms with Gasteiger partial charge in [0.25, 0.3) is 0 Å². The summed E-state index contributed by atoms with van der Waals surface area (Å²) in [6.45, 7) is 3.01. The SMILES string of the molecule is FC(F)(F)c1cc2c(cc1-c1ncn[nH]1)nc(N1CCNCC1)c1nncn12. The van der Waals surface area contributed by atoms with Gasteiger partial charge in [0.15, 0.2) is 11.6 Å². The van der Waals surface area contributed by atoms with Crippen LogP contribution < -0.4 is 10.2 Å². The van der Waals surface area contributed by atoms with Gasteiger partial charge in [0.05, 0.1) is 16.6 Å². The topological polar surface area (TPSA) is 99.9 Å². The molecule has 3 aromatic heterocycles. The highest BCUT2D eigenvalue weighted by molar-refractivity contribution is 5.87. The van der Waals surface area contributed by atoms with Gasteiger partial charge in [-0.05, 0) is 12.1 Å². The van der Waals surface area contributed by atoms with Crippen molar-refractivity contribution in [1.29, 1.82) is 0 Å². The maximum absolute atomic E-state index is 13.7. The van der Waals surface area contributed by atoms with Crippen molar-refractivity contribution < 1.29 is 13.2 Å². The van der Waals surface area contributed by atoms with E-state index in [1.165, 1.54) is 18.7 Å². The molecule has 1 aromatic carbocycles. The van der Waals surface area contributed by atoms with E-state index in [0.717, 1.165) is 32.2 Å². The predicted molar refractivity (Wildman–Crippen MR) is 93.7 cm³/mol. The molecule has 4 heterocycles. The second kappa shape index (κ2) is 6.12. The van der Waals surface area contributed by atoms with Crippen LogP contribution in [0.5, 0.6) is 0 Å². The van der Waals surface area contributed by atoms with Gasteiger partial charge in [-0.15, -0.1) is 10.2 Å². The Balaban J connectivity index is 1.81. The van der Waals surface area contributed by atoms with Crippen molar-refractivity contribution in [3.8, 4) is 11.4 Å². The monoisotopic (exact) mass is 389 g/mol. The van der Waals surface area contributed by atoms with Gasteiger partial charge in [-0.1, -0.05) is 0 Å². The highest BCUT2D eigenvalue weighted by Gasteiger charge is 2.35. The van der Waals surface area contributed by atoms with Crippen LogP contribution in [0.2, 0.25) is 0 Å². The molecule has 2 N–H and O–H groups in total. The molecule has 0 aliphatic carbocycles. The van der Waals surface area contributed by atoms with E-state index in [0.29, 0.717) is 17.0 Å². The number of anilines is 1.